The number of carbonyl (C=O) groups excluding carboxylic acids is 1. The summed E-state index contributed by atoms with van der Waals surface area (Å²) in [6, 6.07) is 0. The van der Waals surface area contributed by atoms with Crippen molar-refractivity contribution < 1.29 is 9.90 Å². The molecule has 0 saturated carbocycles. The third kappa shape index (κ3) is 1.02. The van der Waals surface area contributed by atoms with Gasteiger partial charge in [0.15, 0.2) is 5.78 Å². The summed E-state index contributed by atoms with van der Waals surface area (Å²) < 4.78 is 0. The standard InChI is InChI=1S/C9H14O2/c1-4-9(11)7(3)6(2)5-8(9)10/h11H,4-5H2,1-3H3/t9-/m1/s1. The van der Waals surface area contributed by atoms with Crippen LogP contribution in [0.1, 0.15) is 33.6 Å². The van der Waals surface area contributed by atoms with Crippen LogP contribution in [0.5, 0.6) is 0 Å². The fourth-order valence-electron chi connectivity index (χ4n) is 1.54. The topological polar surface area (TPSA) is 37.3 Å². The molecule has 2 heteroatoms. The molecule has 0 spiro atoms. The third-order valence-corrected chi connectivity index (χ3v) is 2.66. The van der Waals surface area contributed by atoms with Crippen molar-refractivity contribution in [1.82, 2.24) is 0 Å². The Bertz CT molecular complexity index is 228. The maximum absolute atomic E-state index is 11.3. The van der Waals surface area contributed by atoms with Gasteiger partial charge in [0.05, 0.1) is 0 Å². The molecule has 1 atom stereocenters. The van der Waals surface area contributed by atoms with Gasteiger partial charge >= 0.3 is 0 Å². The highest BCUT2D eigenvalue weighted by molar-refractivity contribution is 5.95. The molecule has 1 aliphatic carbocycles. The molecule has 0 unspecified atom stereocenters. The summed E-state index contributed by atoms with van der Waals surface area (Å²) in [4.78, 5) is 11.3. The Labute approximate surface area is 66.9 Å². The number of allylic oxidation sites excluding steroid dienone is 1. The minimum absolute atomic E-state index is 0.0463. The number of rotatable bonds is 1. The quantitative estimate of drug-likeness (QED) is 0.580. The molecule has 0 bridgehead atoms. The van der Waals surface area contributed by atoms with Crippen molar-refractivity contribution >= 4 is 5.78 Å². The average molecular weight is 154 g/mol. The molecular weight excluding hydrogens is 140 g/mol. The SMILES string of the molecule is CC[C@]1(O)C(=O)CC(C)=C1C. The van der Waals surface area contributed by atoms with Gasteiger partial charge in [-0.15, -0.1) is 0 Å². The highest BCUT2D eigenvalue weighted by Crippen LogP contribution is 2.34. The Balaban J connectivity index is 3.05. The van der Waals surface area contributed by atoms with Crippen molar-refractivity contribution in [1.29, 1.82) is 0 Å². The van der Waals surface area contributed by atoms with Crippen LogP contribution in [0, 0.1) is 0 Å². The van der Waals surface area contributed by atoms with E-state index in [-0.39, 0.29) is 5.78 Å². The van der Waals surface area contributed by atoms with Crippen LogP contribution in [0.3, 0.4) is 0 Å². The Morgan fingerprint density at radius 1 is 1.55 bits per heavy atom. The summed E-state index contributed by atoms with van der Waals surface area (Å²) in [6.07, 6.45) is 0.922. The van der Waals surface area contributed by atoms with E-state index in [1.807, 2.05) is 20.8 Å². The van der Waals surface area contributed by atoms with Crippen LogP contribution in [0.15, 0.2) is 11.1 Å². The van der Waals surface area contributed by atoms with Crippen LogP contribution in [-0.2, 0) is 4.79 Å². The molecule has 1 rings (SSSR count). The van der Waals surface area contributed by atoms with Gasteiger partial charge in [0.25, 0.3) is 0 Å². The van der Waals surface area contributed by atoms with Crippen LogP contribution < -0.4 is 0 Å². The van der Waals surface area contributed by atoms with Crippen LogP contribution >= 0.6 is 0 Å². The van der Waals surface area contributed by atoms with Crippen LogP contribution in [-0.4, -0.2) is 16.5 Å². The zero-order chi connectivity index (χ0) is 8.65. The van der Waals surface area contributed by atoms with Gasteiger partial charge in [-0.2, -0.15) is 0 Å². The van der Waals surface area contributed by atoms with Gasteiger partial charge in [0, 0.05) is 6.42 Å². The first-order valence-electron chi connectivity index (χ1n) is 3.95. The lowest BCUT2D eigenvalue weighted by molar-refractivity contribution is -0.131. The molecule has 1 N–H and O–H groups in total. The number of ketones is 1. The molecule has 0 heterocycles. The van der Waals surface area contributed by atoms with Crippen molar-refractivity contribution in [3.8, 4) is 0 Å². The zero-order valence-corrected chi connectivity index (χ0v) is 7.27. The van der Waals surface area contributed by atoms with E-state index in [0.29, 0.717) is 12.8 Å². The molecular formula is C9H14O2. The Kier molecular flexibility index (Phi) is 1.89. The van der Waals surface area contributed by atoms with Gasteiger partial charge in [-0.1, -0.05) is 12.5 Å². The smallest absolute Gasteiger partial charge is 0.172 e. The summed E-state index contributed by atoms with van der Waals surface area (Å²) in [5.74, 6) is -0.0463. The number of hydrogen-bond acceptors (Lipinski definition) is 2. The number of hydrogen-bond donors (Lipinski definition) is 1. The molecule has 0 aromatic rings. The number of carbonyl (C=O) groups is 1. The summed E-state index contributed by atoms with van der Waals surface area (Å²) in [5, 5.41) is 9.80. The first-order chi connectivity index (χ1) is 5.02. The van der Waals surface area contributed by atoms with E-state index in [1.165, 1.54) is 0 Å². The lowest BCUT2D eigenvalue weighted by atomic mass is 9.92. The van der Waals surface area contributed by atoms with Gasteiger partial charge in [0.1, 0.15) is 5.60 Å². The zero-order valence-electron chi connectivity index (χ0n) is 7.27. The van der Waals surface area contributed by atoms with Crippen molar-refractivity contribution in [2.45, 2.75) is 39.2 Å². The van der Waals surface area contributed by atoms with Gasteiger partial charge < -0.3 is 5.11 Å². The molecule has 0 radical (unpaired) electrons. The fourth-order valence-corrected chi connectivity index (χ4v) is 1.54. The van der Waals surface area contributed by atoms with Crippen LogP contribution in [0.4, 0.5) is 0 Å². The molecule has 0 saturated heterocycles. The van der Waals surface area contributed by atoms with E-state index in [1.54, 1.807) is 0 Å². The summed E-state index contributed by atoms with van der Waals surface area (Å²) in [6.45, 7) is 5.57. The molecule has 11 heavy (non-hydrogen) atoms. The van der Waals surface area contributed by atoms with Gasteiger partial charge in [-0.3, -0.25) is 4.79 Å². The van der Waals surface area contributed by atoms with Crippen molar-refractivity contribution in [2.75, 3.05) is 0 Å². The molecule has 0 aliphatic heterocycles. The molecule has 0 aromatic heterocycles. The second-order valence-corrected chi connectivity index (χ2v) is 3.22. The average Bonchev–Trinajstić information content (AvgIpc) is 2.16. The lowest BCUT2D eigenvalue weighted by Crippen LogP contribution is -2.34. The first-order valence-corrected chi connectivity index (χ1v) is 3.95. The first kappa shape index (κ1) is 8.47. The summed E-state index contributed by atoms with van der Waals surface area (Å²) in [7, 11) is 0. The van der Waals surface area contributed by atoms with E-state index in [4.69, 9.17) is 0 Å². The normalized spacial score (nSPS) is 31.8. The van der Waals surface area contributed by atoms with E-state index >= 15 is 0 Å². The molecule has 0 fully saturated rings. The molecule has 0 amide bonds. The number of aliphatic hydroxyl groups is 1. The highest BCUT2D eigenvalue weighted by Gasteiger charge is 2.41. The third-order valence-electron chi connectivity index (χ3n) is 2.66. The van der Waals surface area contributed by atoms with Crippen LogP contribution in [0.2, 0.25) is 0 Å². The summed E-state index contributed by atoms with van der Waals surface area (Å²) in [5.41, 5.74) is 0.744. The van der Waals surface area contributed by atoms with Crippen molar-refractivity contribution in [2.24, 2.45) is 0 Å². The molecule has 2 nitrogen and oxygen atoms in total. The van der Waals surface area contributed by atoms with Crippen LogP contribution in [0.25, 0.3) is 0 Å². The van der Waals surface area contributed by atoms with Crippen molar-refractivity contribution in [3.63, 3.8) is 0 Å². The van der Waals surface area contributed by atoms with Gasteiger partial charge in [-0.05, 0) is 25.8 Å². The second kappa shape index (κ2) is 2.45. The Morgan fingerprint density at radius 2 is 2.09 bits per heavy atom. The van der Waals surface area contributed by atoms with E-state index in [2.05, 4.69) is 0 Å². The van der Waals surface area contributed by atoms with E-state index in [9.17, 15) is 9.90 Å². The molecule has 1 aliphatic rings. The maximum Gasteiger partial charge on any atom is 0.172 e. The molecule has 62 valence electrons. The lowest BCUT2D eigenvalue weighted by Gasteiger charge is -2.20. The van der Waals surface area contributed by atoms with Gasteiger partial charge in [-0.25, -0.2) is 0 Å². The Morgan fingerprint density at radius 3 is 2.27 bits per heavy atom. The Hall–Kier alpha value is -0.630. The second-order valence-electron chi connectivity index (χ2n) is 3.22. The summed E-state index contributed by atoms with van der Waals surface area (Å²) >= 11 is 0. The van der Waals surface area contributed by atoms with Gasteiger partial charge in [0.2, 0.25) is 0 Å². The highest BCUT2D eigenvalue weighted by atomic mass is 16.3. The predicted molar refractivity (Wildman–Crippen MR) is 43.2 cm³/mol. The minimum atomic E-state index is -1.13. The predicted octanol–water partition coefficient (Wildman–Crippen LogP) is 1.44. The monoisotopic (exact) mass is 154 g/mol. The van der Waals surface area contributed by atoms with E-state index in [0.717, 1.165) is 11.1 Å². The van der Waals surface area contributed by atoms with Crippen molar-refractivity contribution in [3.05, 3.63) is 11.1 Å². The fraction of sp³-hybridized carbons (Fsp3) is 0.667. The number of Topliss-reactive ketones (excluding diaryl/α,β-unsaturated/α-hetero) is 1. The molecule has 0 aromatic carbocycles. The van der Waals surface area contributed by atoms with E-state index < -0.39 is 5.60 Å². The largest absolute Gasteiger partial charge is 0.378 e. The maximum atomic E-state index is 11.3. The minimum Gasteiger partial charge on any atom is -0.378 e.